The lowest BCUT2D eigenvalue weighted by Gasteiger charge is -2.18. The maximum absolute atomic E-state index is 5.92. The molecular weight excluding hydrogens is 529 g/mol. The highest BCUT2D eigenvalue weighted by atomic mass is 127. The maximum atomic E-state index is 5.92. The topological polar surface area (TPSA) is 61.8 Å². The molecule has 2 rings (SSSR count). The van der Waals surface area contributed by atoms with E-state index in [0.717, 1.165) is 27.0 Å². The molecule has 0 aliphatic rings. The van der Waals surface area contributed by atoms with E-state index in [1.54, 1.807) is 18.4 Å². The van der Waals surface area contributed by atoms with Gasteiger partial charge in [-0.2, -0.15) is 0 Å². The molecule has 0 amide bonds. The number of anilines is 1. The van der Waals surface area contributed by atoms with Gasteiger partial charge in [0.05, 0.1) is 23.3 Å². The summed E-state index contributed by atoms with van der Waals surface area (Å²) in [6, 6.07) is 7.83. The van der Waals surface area contributed by atoms with Crippen LogP contribution in [0.15, 0.2) is 39.1 Å². The van der Waals surface area contributed by atoms with Crippen LogP contribution in [0, 0.1) is 0 Å². The quantitative estimate of drug-likeness (QED) is 0.311. The lowest BCUT2D eigenvalue weighted by Crippen LogP contribution is -2.41. The van der Waals surface area contributed by atoms with Gasteiger partial charge in [-0.25, -0.2) is 4.98 Å². The van der Waals surface area contributed by atoms with Gasteiger partial charge in [0, 0.05) is 26.5 Å². The van der Waals surface area contributed by atoms with E-state index in [-0.39, 0.29) is 30.1 Å². The minimum atomic E-state index is -0.00290. The summed E-state index contributed by atoms with van der Waals surface area (Å²) in [6.45, 7) is 3.29. The van der Waals surface area contributed by atoms with Gasteiger partial charge in [-0.1, -0.05) is 12.1 Å². The predicted molar refractivity (Wildman–Crippen MR) is 124 cm³/mol. The molecule has 9 heteroatoms. The van der Waals surface area contributed by atoms with Crippen molar-refractivity contribution in [1.82, 2.24) is 15.6 Å². The first-order valence-corrected chi connectivity index (χ1v) is 9.64. The lowest BCUT2D eigenvalue weighted by atomic mass is 10.3. The number of guanidine groups is 1. The van der Waals surface area contributed by atoms with Crippen molar-refractivity contribution >= 4 is 62.3 Å². The molecule has 0 bridgehead atoms. The zero-order valence-corrected chi connectivity index (χ0v) is 20.1. The first-order chi connectivity index (χ1) is 12.0. The number of rotatable bonds is 7. The highest BCUT2D eigenvalue weighted by Crippen LogP contribution is 2.24. The van der Waals surface area contributed by atoms with Gasteiger partial charge >= 0.3 is 0 Å². The van der Waals surface area contributed by atoms with Crippen LogP contribution in [0.2, 0.25) is 0 Å². The molecule has 6 nitrogen and oxygen atoms in total. The van der Waals surface area contributed by atoms with Crippen molar-refractivity contribution in [2.45, 2.75) is 19.6 Å². The minimum Gasteiger partial charge on any atom is -0.488 e. The number of hydrogen-bond donors (Lipinski definition) is 2. The Morgan fingerprint density at radius 1 is 1.35 bits per heavy atom. The molecule has 0 saturated heterocycles. The number of ether oxygens (including phenoxy) is 1. The second-order valence-electron chi connectivity index (χ2n) is 5.68. The third-order valence-electron chi connectivity index (χ3n) is 3.30. The van der Waals surface area contributed by atoms with Gasteiger partial charge in [-0.05, 0) is 35.0 Å². The van der Waals surface area contributed by atoms with Crippen molar-refractivity contribution in [2.75, 3.05) is 32.6 Å². The van der Waals surface area contributed by atoms with Crippen LogP contribution < -0.4 is 20.3 Å². The summed E-state index contributed by atoms with van der Waals surface area (Å²) in [5, 5.41) is 9.59. The lowest BCUT2D eigenvalue weighted by molar-refractivity contribution is 0.222. The van der Waals surface area contributed by atoms with E-state index in [2.05, 4.69) is 36.5 Å². The van der Waals surface area contributed by atoms with Gasteiger partial charge in [0.2, 0.25) is 0 Å². The number of aliphatic imine (C=N–C) groups is 1. The van der Waals surface area contributed by atoms with Crippen LogP contribution in [0.4, 0.5) is 5.13 Å². The van der Waals surface area contributed by atoms with Crippen molar-refractivity contribution in [3.05, 3.63) is 39.8 Å². The summed E-state index contributed by atoms with van der Waals surface area (Å²) in [6.07, 6.45) is -0.00290. The molecule has 0 fully saturated rings. The Bertz CT molecular complexity index is 710. The van der Waals surface area contributed by atoms with Gasteiger partial charge < -0.3 is 20.3 Å². The number of halogens is 2. The van der Waals surface area contributed by atoms with E-state index in [1.165, 1.54) is 0 Å². The predicted octanol–water partition coefficient (Wildman–Crippen LogP) is 3.72. The second kappa shape index (κ2) is 11.6. The third-order valence-corrected chi connectivity index (χ3v) is 5.02. The van der Waals surface area contributed by atoms with E-state index in [9.17, 15) is 0 Å². The molecule has 26 heavy (non-hydrogen) atoms. The summed E-state index contributed by atoms with van der Waals surface area (Å²) in [7, 11) is 5.73. The van der Waals surface area contributed by atoms with Crippen LogP contribution in [-0.2, 0) is 6.54 Å². The number of thiazole rings is 1. The number of nitrogens with zero attached hydrogens (tertiary/aromatic N) is 3. The molecule has 2 aromatic rings. The summed E-state index contributed by atoms with van der Waals surface area (Å²) >= 11 is 5.12. The molecule has 1 aromatic heterocycles. The monoisotopic (exact) mass is 553 g/mol. The Balaban J connectivity index is 0.00000338. The fraction of sp³-hybridized carbons (Fsp3) is 0.412. The van der Waals surface area contributed by atoms with Crippen molar-refractivity contribution in [2.24, 2.45) is 4.99 Å². The largest absolute Gasteiger partial charge is 0.488 e. The summed E-state index contributed by atoms with van der Waals surface area (Å²) < 4.78 is 6.87. The standard InChI is InChI=1S/C17H24BrN5OS.HI/c1-12(24-15-8-6-5-7-14(15)18)9-20-16(19-2)21-10-13-11-25-17(22-13)23(3)4;/h5-8,11-12H,9-10H2,1-4H3,(H2,19,20,21);1H. The third kappa shape index (κ3) is 7.28. The summed E-state index contributed by atoms with van der Waals surface area (Å²) in [4.78, 5) is 10.8. The fourth-order valence-electron chi connectivity index (χ4n) is 2.02. The first kappa shape index (κ1) is 23.0. The maximum Gasteiger partial charge on any atom is 0.191 e. The molecule has 0 aliphatic heterocycles. The van der Waals surface area contributed by atoms with Gasteiger partial charge in [0.25, 0.3) is 0 Å². The Kier molecular flexibility index (Phi) is 10.3. The molecule has 2 N–H and O–H groups in total. The van der Waals surface area contributed by atoms with Gasteiger partial charge in [-0.3, -0.25) is 4.99 Å². The SMILES string of the molecule is CN=C(NCc1csc(N(C)C)n1)NCC(C)Oc1ccccc1Br.I. The highest BCUT2D eigenvalue weighted by Gasteiger charge is 2.09. The molecule has 0 aliphatic carbocycles. The molecule has 1 atom stereocenters. The molecule has 0 saturated carbocycles. The number of benzene rings is 1. The van der Waals surface area contributed by atoms with Crippen LogP contribution >= 0.6 is 51.2 Å². The Morgan fingerprint density at radius 3 is 2.69 bits per heavy atom. The van der Waals surface area contributed by atoms with E-state index in [4.69, 9.17) is 4.74 Å². The number of aromatic nitrogens is 1. The Morgan fingerprint density at radius 2 is 2.08 bits per heavy atom. The van der Waals surface area contributed by atoms with Crippen molar-refractivity contribution in [3.8, 4) is 5.75 Å². The summed E-state index contributed by atoms with van der Waals surface area (Å²) in [5.74, 6) is 1.56. The van der Waals surface area contributed by atoms with Crippen molar-refractivity contribution < 1.29 is 4.74 Å². The number of nitrogens with one attached hydrogen (secondary N) is 2. The molecule has 1 unspecified atom stereocenters. The molecule has 1 aromatic carbocycles. The van der Waals surface area contributed by atoms with Crippen LogP contribution in [-0.4, -0.2) is 44.7 Å². The zero-order valence-electron chi connectivity index (χ0n) is 15.3. The van der Waals surface area contributed by atoms with E-state index in [0.29, 0.717) is 13.1 Å². The van der Waals surface area contributed by atoms with Crippen molar-refractivity contribution in [1.29, 1.82) is 0 Å². The average molecular weight is 554 g/mol. The minimum absolute atomic E-state index is 0. The highest BCUT2D eigenvalue weighted by molar-refractivity contribution is 14.0. The Labute approximate surface area is 184 Å². The second-order valence-corrected chi connectivity index (χ2v) is 7.37. The molecule has 1 heterocycles. The van der Waals surface area contributed by atoms with Crippen LogP contribution in [0.25, 0.3) is 0 Å². The van der Waals surface area contributed by atoms with Crippen molar-refractivity contribution in [3.63, 3.8) is 0 Å². The van der Waals surface area contributed by atoms with Gasteiger partial charge in [0.1, 0.15) is 11.9 Å². The Hall–Kier alpha value is -1.07. The van der Waals surface area contributed by atoms with E-state index in [1.807, 2.05) is 55.6 Å². The number of hydrogen-bond acceptors (Lipinski definition) is 5. The molecule has 0 radical (unpaired) electrons. The van der Waals surface area contributed by atoms with Gasteiger partial charge in [0.15, 0.2) is 11.1 Å². The summed E-state index contributed by atoms with van der Waals surface area (Å²) in [5.41, 5.74) is 0.995. The normalized spacial score (nSPS) is 12.1. The van der Waals surface area contributed by atoms with Crippen LogP contribution in [0.1, 0.15) is 12.6 Å². The molecular formula is C17H25BrIN5OS. The molecule has 0 spiro atoms. The zero-order chi connectivity index (χ0) is 18.2. The van der Waals surface area contributed by atoms with Crippen LogP contribution in [0.5, 0.6) is 5.75 Å². The number of para-hydroxylation sites is 1. The van der Waals surface area contributed by atoms with Crippen LogP contribution in [0.3, 0.4) is 0 Å². The van der Waals surface area contributed by atoms with E-state index >= 15 is 0 Å². The smallest absolute Gasteiger partial charge is 0.191 e. The fourth-order valence-corrected chi connectivity index (χ4v) is 3.15. The van der Waals surface area contributed by atoms with Gasteiger partial charge in [-0.15, -0.1) is 35.3 Å². The van der Waals surface area contributed by atoms with E-state index < -0.39 is 0 Å². The first-order valence-electron chi connectivity index (χ1n) is 7.97. The molecule has 144 valence electrons. The average Bonchev–Trinajstić information content (AvgIpc) is 3.06.